The van der Waals surface area contributed by atoms with Gasteiger partial charge < -0.3 is 15.4 Å². The minimum atomic E-state index is -0.457. The molecule has 1 aromatic heterocycles. The Bertz CT molecular complexity index is 907. The van der Waals surface area contributed by atoms with Crippen LogP contribution in [0.4, 0.5) is 11.6 Å². The standard InChI is InChI=1S/C16H15N7O3/c1-18-23-16-20-10(6-17)5-12(22-16)15(25)19-7-9-2-3-13-11(4-9)21-14(24)8-26-13/h2-5,18H,7-8H2,1H3,(H,19,25)(H,21,24)(H,20,22,23). The summed E-state index contributed by atoms with van der Waals surface area (Å²) in [6.07, 6.45) is 0. The predicted octanol–water partition coefficient (Wildman–Crippen LogP) is 0.155. The number of carbonyl (C=O) groups is 2. The van der Waals surface area contributed by atoms with E-state index in [0.29, 0.717) is 11.4 Å². The number of benzene rings is 1. The Labute approximate surface area is 148 Å². The average molecular weight is 353 g/mol. The molecule has 2 amide bonds. The van der Waals surface area contributed by atoms with Crippen molar-refractivity contribution in [2.24, 2.45) is 0 Å². The van der Waals surface area contributed by atoms with Crippen LogP contribution in [-0.2, 0) is 11.3 Å². The fourth-order valence-electron chi connectivity index (χ4n) is 2.30. The Hall–Kier alpha value is -3.71. The van der Waals surface area contributed by atoms with Crippen LogP contribution in [0.1, 0.15) is 21.7 Å². The average Bonchev–Trinajstić information content (AvgIpc) is 2.65. The molecule has 2 heterocycles. The summed E-state index contributed by atoms with van der Waals surface area (Å²) >= 11 is 0. The zero-order chi connectivity index (χ0) is 18.5. The largest absolute Gasteiger partial charge is 0.482 e. The lowest BCUT2D eigenvalue weighted by Crippen LogP contribution is -2.27. The first-order chi connectivity index (χ1) is 12.6. The maximum absolute atomic E-state index is 12.3. The lowest BCUT2D eigenvalue weighted by molar-refractivity contribution is -0.118. The third-order valence-corrected chi connectivity index (χ3v) is 3.44. The van der Waals surface area contributed by atoms with E-state index in [1.54, 1.807) is 25.2 Å². The second-order valence-corrected chi connectivity index (χ2v) is 5.30. The summed E-state index contributed by atoms with van der Waals surface area (Å²) in [6, 6.07) is 8.42. The number of nitrogens with one attached hydrogen (secondary N) is 4. The third-order valence-electron chi connectivity index (χ3n) is 3.44. The number of nitrogens with zero attached hydrogens (tertiary/aromatic N) is 3. The van der Waals surface area contributed by atoms with Crippen LogP contribution in [0.25, 0.3) is 0 Å². The van der Waals surface area contributed by atoms with E-state index in [-0.39, 0.29) is 36.4 Å². The zero-order valence-corrected chi connectivity index (χ0v) is 13.8. The molecule has 10 heteroatoms. The van der Waals surface area contributed by atoms with E-state index in [4.69, 9.17) is 10.00 Å². The van der Waals surface area contributed by atoms with Crippen LogP contribution in [0.3, 0.4) is 0 Å². The van der Waals surface area contributed by atoms with E-state index in [9.17, 15) is 9.59 Å². The van der Waals surface area contributed by atoms with Gasteiger partial charge in [0, 0.05) is 19.7 Å². The molecule has 0 radical (unpaired) electrons. The van der Waals surface area contributed by atoms with Crippen LogP contribution < -0.4 is 26.2 Å². The summed E-state index contributed by atoms with van der Waals surface area (Å²) in [5.74, 6) is 0.0107. The third kappa shape index (κ3) is 3.85. The number of hydrazine groups is 1. The Kier molecular flexibility index (Phi) is 4.91. The van der Waals surface area contributed by atoms with Crippen molar-refractivity contribution >= 4 is 23.5 Å². The molecule has 0 fully saturated rings. The molecular formula is C16H15N7O3. The van der Waals surface area contributed by atoms with Gasteiger partial charge in [0.25, 0.3) is 11.8 Å². The van der Waals surface area contributed by atoms with Crippen molar-refractivity contribution < 1.29 is 14.3 Å². The molecule has 0 spiro atoms. The van der Waals surface area contributed by atoms with Crippen molar-refractivity contribution in [2.45, 2.75) is 6.54 Å². The summed E-state index contributed by atoms with van der Waals surface area (Å²) in [5.41, 5.74) is 6.71. The SMILES string of the molecule is CNNc1nc(C#N)cc(C(=O)NCc2ccc3c(c2)NC(=O)CO3)n1. The summed E-state index contributed by atoms with van der Waals surface area (Å²) in [5, 5.41) is 14.4. The summed E-state index contributed by atoms with van der Waals surface area (Å²) in [4.78, 5) is 31.7. The van der Waals surface area contributed by atoms with Gasteiger partial charge in [-0.3, -0.25) is 15.0 Å². The molecule has 0 saturated carbocycles. The normalized spacial score (nSPS) is 12.2. The lowest BCUT2D eigenvalue weighted by Gasteiger charge is -2.18. The molecule has 0 aliphatic carbocycles. The highest BCUT2D eigenvalue weighted by Gasteiger charge is 2.16. The van der Waals surface area contributed by atoms with Crippen molar-refractivity contribution in [1.29, 1.82) is 5.26 Å². The Morgan fingerprint density at radius 1 is 1.38 bits per heavy atom. The molecule has 10 nitrogen and oxygen atoms in total. The first kappa shape index (κ1) is 17.1. The van der Waals surface area contributed by atoms with Crippen molar-refractivity contribution in [2.75, 3.05) is 24.4 Å². The van der Waals surface area contributed by atoms with Gasteiger partial charge in [0.2, 0.25) is 5.95 Å². The monoisotopic (exact) mass is 353 g/mol. The number of amides is 2. The summed E-state index contributed by atoms with van der Waals surface area (Å²) in [7, 11) is 1.61. The minimum Gasteiger partial charge on any atom is -0.482 e. The maximum atomic E-state index is 12.3. The van der Waals surface area contributed by atoms with Crippen LogP contribution in [0.5, 0.6) is 5.75 Å². The van der Waals surface area contributed by atoms with E-state index in [1.165, 1.54) is 6.07 Å². The smallest absolute Gasteiger partial charge is 0.270 e. The van der Waals surface area contributed by atoms with Crippen LogP contribution in [0, 0.1) is 11.3 Å². The quantitative estimate of drug-likeness (QED) is 0.557. The van der Waals surface area contributed by atoms with Gasteiger partial charge in [0.15, 0.2) is 6.61 Å². The van der Waals surface area contributed by atoms with Crippen molar-refractivity contribution in [3.05, 3.63) is 41.2 Å². The molecule has 1 aromatic carbocycles. The topological polar surface area (TPSA) is 141 Å². The highest BCUT2D eigenvalue weighted by Crippen LogP contribution is 2.28. The van der Waals surface area contributed by atoms with Crippen molar-refractivity contribution in [1.82, 2.24) is 20.7 Å². The summed E-state index contributed by atoms with van der Waals surface area (Å²) in [6.45, 7) is 0.198. The molecule has 26 heavy (non-hydrogen) atoms. The molecule has 132 valence electrons. The minimum absolute atomic E-state index is 0.0129. The second-order valence-electron chi connectivity index (χ2n) is 5.30. The number of anilines is 2. The summed E-state index contributed by atoms with van der Waals surface area (Å²) < 4.78 is 5.29. The lowest BCUT2D eigenvalue weighted by atomic mass is 10.1. The molecule has 1 aliphatic heterocycles. The molecule has 4 N–H and O–H groups in total. The molecule has 1 aliphatic rings. The van der Waals surface area contributed by atoms with Gasteiger partial charge >= 0.3 is 0 Å². The van der Waals surface area contributed by atoms with Gasteiger partial charge in [-0.1, -0.05) is 6.07 Å². The van der Waals surface area contributed by atoms with Gasteiger partial charge in [-0.15, -0.1) is 0 Å². The number of ether oxygens (including phenoxy) is 1. The number of hydrogen-bond donors (Lipinski definition) is 4. The van der Waals surface area contributed by atoms with E-state index in [0.717, 1.165) is 5.56 Å². The number of nitriles is 1. The maximum Gasteiger partial charge on any atom is 0.270 e. The van der Waals surface area contributed by atoms with Crippen LogP contribution >= 0.6 is 0 Å². The van der Waals surface area contributed by atoms with E-state index in [1.807, 2.05) is 6.07 Å². The number of carbonyl (C=O) groups excluding carboxylic acids is 2. The second kappa shape index (κ2) is 7.45. The van der Waals surface area contributed by atoms with Gasteiger partial charge in [-0.05, 0) is 17.7 Å². The Morgan fingerprint density at radius 2 is 2.23 bits per heavy atom. The van der Waals surface area contributed by atoms with Gasteiger partial charge in [0.05, 0.1) is 5.69 Å². The van der Waals surface area contributed by atoms with E-state index < -0.39 is 5.91 Å². The Morgan fingerprint density at radius 3 is 3.00 bits per heavy atom. The molecule has 0 atom stereocenters. The van der Waals surface area contributed by atoms with Crippen molar-refractivity contribution in [3.8, 4) is 11.8 Å². The number of aromatic nitrogens is 2. The van der Waals surface area contributed by atoms with E-state index >= 15 is 0 Å². The number of fused-ring (bicyclic) bond motifs is 1. The predicted molar refractivity (Wildman–Crippen MR) is 91.2 cm³/mol. The van der Waals surface area contributed by atoms with Gasteiger partial charge in [-0.25, -0.2) is 15.4 Å². The highest BCUT2D eigenvalue weighted by atomic mass is 16.5. The van der Waals surface area contributed by atoms with Crippen molar-refractivity contribution in [3.63, 3.8) is 0 Å². The fraction of sp³-hybridized carbons (Fsp3) is 0.188. The molecule has 2 aromatic rings. The van der Waals surface area contributed by atoms with Crippen LogP contribution in [0.2, 0.25) is 0 Å². The fourth-order valence-corrected chi connectivity index (χ4v) is 2.30. The van der Waals surface area contributed by atoms with Crippen LogP contribution in [0.15, 0.2) is 24.3 Å². The molecule has 0 bridgehead atoms. The zero-order valence-electron chi connectivity index (χ0n) is 13.8. The molecule has 0 unspecified atom stereocenters. The van der Waals surface area contributed by atoms with Gasteiger partial charge in [-0.2, -0.15) is 5.26 Å². The van der Waals surface area contributed by atoms with E-state index in [2.05, 4.69) is 31.5 Å². The first-order valence-electron chi connectivity index (χ1n) is 7.65. The number of rotatable bonds is 5. The molecular weight excluding hydrogens is 338 g/mol. The highest BCUT2D eigenvalue weighted by molar-refractivity contribution is 5.95. The van der Waals surface area contributed by atoms with Gasteiger partial charge in [0.1, 0.15) is 23.2 Å². The number of hydrogen-bond acceptors (Lipinski definition) is 8. The van der Waals surface area contributed by atoms with Crippen LogP contribution in [-0.4, -0.2) is 35.4 Å². The Balaban J connectivity index is 1.71. The first-order valence-corrected chi connectivity index (χ1v) is 7.65. The molecule has 0 saturated heterocycles. The molecule has 3 rings (SSSR count).